The highest BCUT2D eigenvalue weighted by Crippen LogP contribution is 2.31. The number of benzene rings is 1. The number of rotatable bonds is 4. The molecule has 0 aliphatic rings. The van der Waals surface area contributed by atoms with E-state index in [4.69, 9.17) is 16.3 Å². The van der Waals surface area contributed by atoms with Crippen LogP contribution in [0.4, 0.5) is 0 Å². The van der Waals surface area contributed by atoms with Gasteiger partial charge in [-0.15, -0.1) is 0 Å². The summed E-state index contributed by atoms with van der Waals surface area (Å²) in [5.41, 5.74) is 2.06. The molecule has 0 fully saturated rings. The number of aromatic nitrogens is 1. The third-order valence-electron chi connectivity index (χ3n) is 2.61. The minimum Gasteiger partial charge on any atom is -0.489 e. The summed E-state index contributed by atoms with van der Waals surface area (Å²) in [6.45, 7) is 3.88. The lowest BCUT2D eigenvalue weighted by Gasteiger charge is -2.12. The Morgan fingerprint density at radius 3 is 2.55 bits per heavy atom. The number of thiol groups is 1. The molecule has 0 radical (unpaired) electrons. The van der Waals surface area contributed by atoms with Crippen molar-refractivity contribution in [2.24, 2.45) is 0 Å². The number of halogens is 1. The molecule has 0 saturated carbocycles. The molecule has 0 aliphatic carbocycles. The second-order valence-corrected chi connectivity index (χ2v) is 5.36. The van der Waals surface area contributed by atoms with Crippen LogP contribution >= 0.6 is 24.2 Å². The summed E-state index contributed by atoms with van der Waals surface area (Å²) in [7, 11) is 0. The molecule has 20 heavy (non-hydrogen) atoms. The molecule has 0 saturated heterocycles. The number of hydrogen-bond acceptors (Lipinski definition) is 3. The molecule has 3 nitrogen and oxygen atoms in total. The molecule has 1 aromatic heterocycles. The first-order valence-corrected chi connectivity index (χ1v) is 6.96. The summed E-state index contributed by atoms with van der Waals surface area (Å²) in [6.07, 6.45) is 1.64. The maximum absolute atomic E-state index is 11.2. The van der Waals surface area contributed by atoms with E-state index in [1.54, 1.807) is 18.3 Å². The van der Waals surface area contributed by atoms with Gasteiger partial charge in [0.25, 0.3) is 0 Å². The first-order chi connectivity index (χ1) is 9.47. The van der Waals surface area contributed by atoms with Crippen molar-refractivity contribution < 1.29 is 9.53 Å². The quantitative estimate of drug-likeness (QED) is 0.858. The normalized spacial score (nSPS) is 10.7. The molecule has 2 aromatic rings. The fourth-order valence-corrected chi connectivity index (χ4v) is 2.10. The molecule has 0 N–H and O–H groups in total. The molecule has 0 amide bonds. The molecule has 0 bridgehead atoms. The number of ether oxygens (including phenoxy) is 1. The van der Waals surface area contributed by atoms with Crippen LogP contribution < -0.4 is 4.74 Å². The number of pyridine rings is 1. The van der Waals surface area contributed by atoms with Gasteiger partial charge in [-0.25, -0.2) is 0 Å². The third-order valence-corrected chi connectivity index (χ3v) is 3.13. The zero-order valence-corrected chi connectivity index (χ0v) is 12.8. The summed E-state index contributed by atoms with van der Waals surface area (Å²) in [5.74, 6) is 0.643. The molecule has 5 heteroatoms. The molecule has 2 rings (SSSR count). The van der Waals surface area contributed by atoms with E-state index < -0.39 is 0 Å². The Bertz CT molecular complexity index is 644. The van der Waals surface area contributed by atoms with Crippen LogP contribution in [0, 0.1) is 0 Å². The van der Waals surface area contributed by atoms with Gasteiger partial charge in [0.15, 0.2) is 0 Å². The van der Waals surface area contributed by atoms with Gasteiger partial charge in [0, 0.05) is 6.20 Å². The van der Waals surface area contributed by atoms with E-state index in [0.717, 1.165) is 11.1 Å². The van der Waals surface area contributed by atoms with E-state index in [2.05, 4.69) is 17.6 Å². The minimum absolute atomic E-state index is 0.0627. The maximum Gasteiger partial charge on any atom is 0.234 e. The van der Waals surface area contributed by atoms with Gasteiger partial charge in [-0.2, -0.15) is 0 Å². The van der Waals surface area contributed by atoms with Gasteiger partial charge in [-0.05, 0) is 49.2 Å². The highest BCUT2D eigenvalue weighted by atomic mass is 35.5. The van der Waals surface area contributed by atoms with Crippen LogP contribution in [-0.4, -0.2) is 16.2 Å². The Hall–Kier alpha value is -1.52. The first kappa shape index (κ1) is 14.9. The maximum atomic E-state index is 11.2. The summed E-state index contributed by atoms with van der Waals surface area (Å²) < 4.78 is 5.59. The van der Waals surface area contributed by atoms with E-state index in [0.29, 0.717) is 16.5 Å². The molecule has 0 spiro atoms. The van der Waals surface area contributed by atoms with Crippen molar-refractivity contribution in [3.05, 3.63) is 47.2 Å². The standard InChI is InChI=1S/C15H14ClNO2S/c1-9(2)19-14-4-3-10(7-12(14)16)11-5-6-17-13(8-11)15(18)20/h3-9H,1-2H3,(H,18,20). The molecule has 0 atom stereocenters. The second kappa shape index (κ2) is 6.29. The van der Waals surface area contributed by atoms with Crippen molar-refractivity contribution in [1.82, 2.24) is 4.98 Å². The second-order valence-electron chi connectivity index (χ2n) is 4.55. The van der Waals surface area contributed by atoms with Crippen molar-refractivity contribution in [1.29, 1.82) is 0 Å². The van der Waals surface area contributed by atoms with E-state index in [1.807, 2.05) is 32.0 Å². The number of nitrogens with zero attached hydrogens (tertiary/aromatic N) is 1. The smallest absolute Gasteiger partial charge is 0.234 e. The Kier molecular flexibility index (Phi) is 4.68. The van der Waals surface area contributed by atoms with Gasteiger partial charge in [-0.3, -0.25) is 9.78 Å². The van der Waals surface area contributed by atoms with Gasteiger partial charge in [0.1, 0.15) is 11.4 Å². The van der Waals surface area contributed by atoms with Crippen molar-refractivity contribution in [2.75, 3.05) is 0 Å². The fraction of sp³-hybridized carbons (Fsp3) is 0.200. The van der Waals surface area contributed by atoms with Crippen LogP contribution in [0.15, 0.2) is 36.5 Å². The number of hydrogen-bond donors (Lipinski definition) is 1. The van der Waals surface area contributed by atoms with Crippen molar-refractivity contribution in [2.45, 2.75) is 20.0 Å². The Balaban J connectivity index is 2.36. The lowest BCUT2D eigenvalue weighted by molar-refractivity contribution is 0.108. The van der Waals surface area contributed by atoms with Crippen LogP contribution in [0.2, 0.25) is 5.02 Å². The van der Waals surface area contributed by atoms with Gasteiger partial charge < -0.3 is 4.74 Å². The largest absolute Gasteiger partial charge is 0.489 e. The summed E-state index contributed by atoms with van der Waals surface area (Å²) in [5, 5.41) is 0.171. The van der Waals surface area contributed by atoms with Crippen molar-refractivity contribution >= 4 is 29.3 Å². The highest BCUT2D eigenvalue weighted by Gasteiger charge is 2.08. The zero-order chi connectivity index (χ0) is 14.7. The predicted octanol–water partition coefficient (Wildman–Crippen LogP) is 4.26. The minimum atomic E-state index is -0.363. The highest BCUT2D eigenvalue weighted by molar-refractivity contribution is 7.97. The Morgan fingerprint density at radius 2 is 1.95 bits per heavy atom. The Morgan fingerprint density at radius 1 is 1.25 bits per heavy atom. The monoisotopic (exact) mass is 307 g/mol. The average molecular weight is 308 g/mol. The van der Waals surface area contributed by atoms with E-state index in [1.165, 1.54) is 0 Å². The van der Waals surface area contributed by atoms with E-state index in [9.17, 15) is 4.79 Å². The third kappa shape index (κ3) is 3.52. The van der Waals surface area contributed by atoms with Gasteiger partial charge in [0.05, 0.1) is 11.1 Å². The van der Waals surface area contributed by atoms with Crippen molar-refractivity contribution in [3.8, 4) is 16.9 Å². The van der Waals surface area contributed by atoms with E-state index in [-0.39, 0.29) is 11.2 Å². The van der Waals surface area contributed by atoms with Crippen molar-refractivity contribution in [3.63, 3.8) is 0 Å². The zero-order valence-electron chi connectivity index (χ0n) is 11.1. The van der Waals surface area contributed by atoms with Gasteiger partial charge in [0.2, 0.25) is 5.12 Å². The Labute approximate surface area is 128 Å². The van der Waals surface area contributed by atoms with Crippen LogP contribution in [0.1, 0.15) is 24.3 Å². The summed E-state index contributed by atoms with van der Waals surface area (Å²) in [6, 6.07) is 9.02. The molecule has 104 valence electrons. The van der Waals surface area contributed by atoms with E-state index >= 15 is 0 Å². The molecule has 0 unspecified atom stereocenters. The molecule has 1 aromatic carbocycles. The van der Waals surface area contributed by atoms with Gasteiger partial charge in [-0.1, -0.05) is 30.3 Å². The molecule has 1 heterocycles. The molecular weight excluding hydrogens is 294 g/mol. The molecule has 0 aliphatic heterocycles. The SMILES string of the molecule is CC(C)Oc1ccc(-c2ccnc(C(=O)S)c2)cc1Cl. The van der Waals surface area contributed by atoms with Crippen LogP contribution in [-0.2, 0) is 0 Å². The predicted molar refractivity (Wildman–Crippen MR) is 83.8 cm³/mol. The number of carbonyl (C=O) groups is 1. The average Bonchev–Trinajstić information content (AvgIpc) is 2.40. The molecular formula is C15H14ClNO2S. The lowest BCUT2D eigenvalue weighted by atomic mass is 10.1. The first-order valence-electron chi connectivity index (χ1n) is 6.13. The topological polar surface area (TPSA) is 39.2 Å². The summed E-state index contributed by atoms with van der Waals surface area (Å²) in [4.78, 5) is 15.2. The summed E-state index contributed by atoms with van der Waals surface area (Å²) >= 11 is 9.98. The van der Waals surface area contributed by atoms with Crippen LogP contribution in [0.25, 0.3) is 11.1 Å². The van der Waals surface area contributed by atoms with Crippen LogP contribution in [0.3, 0.4) is 0 Å². The van der Waals surface area contributed by atoms with Crippen LogP contribution in [0.5, 0.6) is 5.75 Å². The number of carbonyl (C=O) groups excluding carboxylic acids is 1. The lowest BCUT2D eigenvalue weighted by Crippen LogP contribution is -2.05. The van der Waals surface area contributed by atoms with Gasteiger partial charge >= 0.3 is 0 Å². The fourth-order valence-electron chi connectivity index (χ4n) is 1.76.